The van der Waals surface area contributed by atoms with Crippen LogP contribution < -0.4 is 5.73 Å². The number of hydrogen-bond donors (Lipinski definition) is 1. The minimum Gasteiger partial charge on any atom is -0.397 e. The van der Waals surface area contributed by atoms with Gasteiger partial charge in [-0.3, -0.25) is 4.68 Å². The molecule has 0 saturated carbocycles. The van der Waals surface area contributed by atoms with E-state index in [1.54, 1.807) is 17.9 Å². The van der Waals surface area contributed by atoms with Crippen molar-refractivity contribution in [2.24, 2.45) is 7.05 Å². The quantitative estimate of drug-likeness (QED) is 0.778. The molecule has 0 saturated heterocycles. The second kappa shape index (κ2) is 3.79. The van der Waals surface area contributed by atoms with Gasteiger partial charge < -0.3 is 5.73 Å². The summed E-state index contributed by atoms with van der Waals surface area (Å²) in [5.41, 5.74) is 8.36. The molecule has 0 atom stereocenters. The molecule has 0 spiro atoms. The number of benzene rings is 1. The molecule has 0 aliphatic heterocycles. The smallest absolute Gasteiger partial charge is 0.125 e. The van der Waals surface area contributed by atoms with Crippen LogP contribution in [0.3, 0.4) is 0 Å². The van der Waals surface area contributed by atoms with Crippen molar-refractivity contribution in [1.29, 1.82) is 0 Å². The minimum atomic E-state index is -0.405. The van der Waals surface area contributed by atoms with E-state index in [1.807, 2.05) is 6.92 Å². The normalized spacial score (nSPS) is 10.8. The van der Waals surface area contributed by atoms with Crippen LogP contribution in [-0.4, -0.2) is 9.78 Å². The predicted molar refractivity (Wildman–Crippen MR) is 62.8 cm³/mol. The Morgan fingerprint density at radius 2 is 2.06 bits per heavy atom. The van der Waals surface area contributed by atoms with Crippen LogP contribution in [0, 0.1) is 12.7 Å². The van der Waals surface area contributed by atoms with E-state index in [0.717, 1.165) is 11.3 Å². The zero-order valence-electron chi connectivity index (χ0n) is 8.96. The van der Waals surface area contributed by atoms with Gasteiger partial charge >= 0.3 is 0 Å². The molecule has 2 N–H and O–H groups in total. The summed E-state index contributed by atoms with van der Waals surface area (Å²) in [6.45, 7) is 1.84. The Hall–Kier alpha value is -1.55. The van der Waals surface area contributed by atoms with Gasteiger partial charge in [0, 0.05) is 24.4 Å². The van der Waals surface area contributed by atoms with Crippen molar-refractivity contribution in [2.75, 3.05) is 5.73 Å². The molecule has 1 heterocycles. The summed E-state index contributed by atoms with van der Waals surface area (Å²) in [5, 5.41) is 4.40. The monoisotopic (exact) mass is 239 g/mol. The molecule has 1 aromatic heterocycles. The van der Waals surface area contributed by atoms with Crippen molar-refractivity contribution in [3.05, 3.63) is 34.9 Å². The lowest BCUT2D eigenvalue weighted by Crippen LogP contribution is -1.93. The largest absolute Gasteiger partial charge is 0.397 e. The topological polar surface area (TPSA) is 43.8 Å². The molecular weight excluding hydrogens is 229 g/mol. The number of halogens is 2. The fourth-order valence-corrected chi connectivity index (χ4v) is 1.88. The molecule has 0 aliphatic rings. The lowest BCUT2D eigenvalue weighted by atomic mass is 10.0. The second-order valence-electron chi connectivity index (χ2n) is 3.65. The summed E-state index contributed by atoms with van der Waals surface area (Å²) in [4.78, 5) is 0. The Balaban J connectivity index is 2.68. The van der Waals surface area contributed by atoms with E-state index in [4.69, 9.17) is 17.3 Å². The first-order chi connectivity index (χ1) is 7.49. The number of nitrogens with zero attached hydrogens (tertiary/aromatic N) is 2. The number of nitrogen functional groups attached to an aromatic ring is 1. The lowest BCUT2D eigenvalue weighted by Gasteiger charge is -2.06. The van der Waals surface area contributed by atoms with Crippen LogP contribution >= 0.6 is 11.6 Å². The Bertz CT molecular complexity index is 548. The van der Waals surface area contributed by atoms with Crippen LogP contribution in [-0.2, 0) is 7.05 Å². The summed E-state index contributed by atoms with van der Waals surface area (Å²) in [6, 6.07) is 2.57. The summed E-state index contributed by atoms with van der Waals surface area (Å²) < 4.78 is 14.9. The van der Waals surface area contributed by atoms with Gasteiger partial charge in [0.1, 0.15) is 5.82 Å². The maximum Gasteiger partial charge on any atom is 0.125 e. The molecule has 16 heavy (non-hydrogen) atoms. The molecule has 0 amide bonds. The molecule has 2 aromatic rings. The summed E-state index contributed by atoms with van der Waals surface area (Å²) in [7, 11) is 1.80. The Morgan fingerprint density at radius 1 is 1.38 bits per heavy atom. The first-order valence-corrected chi connectivity index (χ1v) is 5.12. The van der Waals surface area contributed by atoms with Gasteiger partial charge in [0.2, 0.25) is 0 Å². The molecular formula is C11H11ClFN3. The first-order valence-electron chi connectivity index (χ1n) is 4.74. The fraction of sp³-hybridized carbons (Fsp3) is 0.182. The molecule has 1 aromatic carbocycles. The highest BCUT2D eigenvalue weighted by Crippen LogP contribution is 2.33. The number of aromatic nitrogens is 2. The average molecular weight is 240 g/mol. The Morgan fingerprint density at radius 3 is 2.62 bits per heavy atom. The predicted octanol–water partition coefficient (Wildman–Crippen LogP) is 2.77. The van der Waals surface area contributed by atoms with Crippen molar-refractivity contribution < 1.29 is 4.39 Å². The number of anilines is 1. The van der Waals surface area contributed by atoms with E-state index >= 15 is 0 Å². The molecule has 84 valence electrons. The van der Waals surface area contributed by atoms with Crippen molar-refractivity contribution in [2.45, 2.75) is 6.92 Å². The number of rotatable bonds is 1. The maximum atomic E-state index is 13.3. The van der Waals surface area contributed by atoms with Crippen LogP contribution in [0.15, 0.2) is 18.3 Å². The summed E-state index contributed by atoms with van der Waals surface area (Å²) in [6.07, 6.45) is 1.79. The third-order valence-electron chi connectivity index (χ3n) is 2.40. The molecule has 0 fully saturated rings. The van der Waals surface area contributed by atoms with Crippen molar-refractivity contribution >= 4 is 17.3 Å². The van der Waals surface area contributed by atoms with Gasteiger partial charge in [-0.2, -0.15) is 5.10 Å². The van der Waals surface area contributed by atoms with E-state index in [-0.39, 0.29) is 5.02 Å². The van der Waals surface area contributed by atoms with E-state index < -0.39 is 5.82 Å². The van der Waals surface area contributed by atoms with Gasteiger partial charge in [-0.25, -0.2) is 4.39 Å². The Labute approximate surface area is 97.6 Å². The fourth-order valence-electron chi connectivity index (χ4n) is 1.67. The third-order valence-corrected chi connectivity index (χ3v) is 2.71. The summed E-state index contributed by atoms with van der Waals surface area (Å²) >= 11 is 5.84. The van der Waals surface area contributed by atoms with Crippen LogP contribution in [0.1, 0.15) is 5.69 Å². The van der Waals surface area contributed by atoms with Gasteiger partial charge in [0.25, 0.3) is 0 Å². The van der Waals surface area contributed by atoms with E-state index in [9.17, 15) is 4.39 Å². The molecule has 0 bridgehead atoms. The van der Waals surface area contributed by atoms with Gasteiger partial charge in [0.05, 0.1) is 16.4 Å². The van der Waals surface area contributed by atoms with Crippen molar-refractivity contribution in [3.8, 4) is 11.1 Å². The van der Waals surface area contributed by atoms with Crippen LogP contribution in [0.5, 0.6) is 0 Å². The zero-order valence-corrected chi connectivity index (χ0v) is 9.72. The Kier molecular flexibility index (Phi) is 2.59. The molecule has 2 rings (SSSR count). The van der Waals surface area contributed by atoms with Gasteiger partial charge in [0.15, 0.2) is 0 Å². The number of aryl methyl sites for hydroxylation is 2. The van der Waals surface area contributed by atoms with Gasteiger partial charge in [-0.15, -0.1) is 0 Å². The molecule has 0 aliphatic carbocycles. The van der Waals surface area contributed by atoms with Crippen LogP contribution in [0.4, 0.5) is 10.1 Å². The molecule has 0 radical (unpaired) electrons. The van der Waals surface area contributed by atoms with Crippen molar-refractivity contribution in [3.63, 3.8) is 0 Å². The van der Waals surface area contributed by atoms with Crippen molar-refractivity contribution in [1.82, 2.24) is 9.78 Å². The van der Waals surface area contributed by atoms with E-state index in [0.29, 0.717) is 11.3 Å². The zero-order chi connectivity index (χ0) is 11.9. The highest BCUT2D eigenvalue weighted by molar-refractivity contribution is 6.33. The van der Waals surface area contributed by atoms with Gasteiger partial charge in [-0.05, 0) is 19.1 Å². The van der Waals surface area contributed by atoms with Gasteiger partial charge in [-0.1, -0.05) is 11.6 Å². The highest BCUT2D eigenvalue weighted by Gasteiger charge is 2.13. The summed E-state index contributed by atoms with van der Waals surface area (Å²) in [5.74, 6) is -0.405. The first kappa shape index (κ1) is 11.0. The number of hydrogen-bond acceptors (Lipinski definition) is 2. The molecule has 5 heteroatoms. The van der Waals surface area contributed by atoms with E-state index in [1.165, 1.54) is 12.1 Å². The average Bonchev–Trinajstić information content (AvgIpc) is 2.51. The maximum absolute atomic E-state index is 13.3. The minimum absolute atomic E-state index is 0.221. The third kappa shape index (κ3) is 1.76. The SMILES string of the molecule is Cc1nn(C)cc1-c1cc(F)cc(Cl)c1N. The highest BCUT2D eigenvalue weighted by atomic mass is 35.5. The standard InChI is InChI=1S/C11H11ClFN3/c1-6-9(5-16(2)15-6)8-3-7(13)4-10(12)11(8)14/h3-5H,14H2,1-2H3. The number of nitrogens with two attached hydrogens (primary N) is 1. The molecule has 0 unspecified atom stereocenters. The van der Waals surface area contributed by atoms with Crippen LogP contribution in [0.2, 0.25) is 5.02 Å². The van der Waals surface area contributed by atoms with Crippen LogP contribution in [0.25, 0.3) is 11.1 Å². The second-order valence-corrected chi connectivity index (χ2v) is 4.06. The van der Waals surface area contributed by atoms with E-state index in [2.05, 4.69) is 5.10 Å². The molecule has 3 nitrogen and oxygen atoms in total. The lowest BCUT2D eigenvalue weighted by molar-refractivity contribution is 0.628.